The highest BCUT2D eigenvalue weighted by Gasteiger charge is 2.16. The number of benzene rings is 1. The molecule has 1 aromatic carbocycles. The number of anilines is 1. The van der Waals surface area contributed by atoms with Crippen LogP contribution in [0.15, 0.2) is 28.7 Å². The van der Waals surface area contributed by atoms with Crippen molar-refractivity contribution < 1.29 is 23.5 Å². The number of furan rings is 1. The second-order valence-corrected chi connectivity index (χ2v) is 5.98. The number of rotatable bonds is 6. The van der Waals surface area contributed by atoms with Crippen molar-refractivity contribution in [2.45, 2.75) is 27.7 Å². The van der Waals surface area contributed by atoms with Crippen LogP contribution in [0, 0.1) is 27.7 Å². The number of esters is 1. The van der Waals surface area contributed by atoms with Gasteiger partial charge in [-0.2, -0.15) is 0 Å². The highest BCUT2D eigenvalue weighted by atomic mass is 16.5. The summed E-state index contributed by atoms with van der Waals surface area (Å²) in [4.78, 5) is 35.6. The van der Waals surface area contributed by atoms with Crippen LogP contribution in [0.5, 0.6) is 0 Å². The second kappa shape index (κ2) is 8.33. The molecule has 2 aromatic rings. The van der Waals surface area contributed by atoms with Crippen LogP contribution < -0.4 is 10.6 Å². The number of aryl methyl sites for hydroxylation is 3. The van der Waals surface area contributed by atoms with Gasteiger partial charge in [0.1, 0.15) is 17.1 Å². The maximum Gasteiger partial charge on any atom is 0.342 e. The van der Waals surface area contributed by atoms with E-state index >= 15 is 0 Å². The lowest BCUT2D eigenvalue weighted by Crippen LogP contribution is -2.35. The zero-order chi connectivity index (χ0) is 19.3. The first-order valence-electron chi connectivity index (χ1n) is 8.15. The van der Waals surface area contributed by atoms with Gasteiger partial charge in [0.2, 0.25) is 5.91 Å². The molecule has 2 rings (SSSR count). The Morgan fingerprint density at radius 3 is 2.46 bits per heavy atom. The van der Waals surface area contributed by atoms with E-state index in [1.165, 1.54) is 0 Å². The molecule has 1 aromatic heterocycles. The van der Waals surface area contributed by atoms with Gasteiger partial charge in [-0.25, -0.2) is 4.79 Å². The fourth-order valence-corrected chi connectivity index (χ4v) is 2.35. The summed E-state index contributed by atoms with van der Waals surface area (Å²) in [7, 11) is 0. The molecule has 0 aliphatic heterocycles. The molecular formula is C19H22N2O5. The fourth-order valence-electron chi connectivity index (χ4n) is 2.35. The number of amides is 2. The van der Waals surface area contributed by atoms with E-state index in [4.69, 9.17) is 9.15 Å². The predicted octanol–water partition coefficient (Wildman–Crippen LogP) is 2.42. The molecule has 138 valence electrons. The maximum absolute atomic E-state index is 11.9. The van der Waals surface area contributed by atoms with Gasteiger partial charge in [0.05, 0.1) is 6.54 Å². The lowest BCUT2D eigenvalue weighted by Gasteiger charge is -2.11. The van der Waals surface area contributed by atoms with E-state index in [9.17, 15) is 14.4 Å². The Bertz CT molecular complexity index is 838. The molecular weight excluding hydrogens is 336 g/mol. The third-order valence-corrected chi connectivity index (χ3v) is 3.92. The Kier molecular flexibility index (Phi) is 6.16. The Hall–Kier alpha value is -3.09. The molecule has 0 unspecified atom stereocenters. The molecule has 0 radical (unpaired) electrons. The lowest BCUT2D eigenvalue weighted by molar-refractivity contribution is -0.126. The van der Waals surface area contributed by atoms with Crippen molar-refractivity contribution in [3.05, 3.63) is 52.5 Å². The molecule has 0 aliphatic rings. The molecule has 0 aliphatic carbocycles. The first-order chi connectivity index (χ1) is 12.3. The minimum atomic E-state index is -0.644. The van der Waals surface area contributed by atoms with Crippen molar-refractivity contribution >= 4 is 23.5 Å². The van der Waals surface area contributed by atoms with E-state index < -0.39 is 18.5 Å². The highest BCUT2D eigenvalue weighted by Crippen LogP contribution is 2.17. The minimum Gasteiger partial charge on any atom is -0.466 e. The standard InChI is InChI=1S/C19H22N2O5/c1-11-6-5-7-16(13(11)3)21-17(22)9-20-18(23)10-25-19(24)15-8-12(2)26-14(15)4/h5-8H,9-10H2,1-4H3,(H,20,23)(H,21,22). The van der Waals surface area contributed by atoms with Crippen molar-refractivity contribution in [1.82, 2.24) is 5.32 Å². The molecule has 26 heavy (non-hydrogen) atoms. The predicted molar refractivity (Wildman–Crippen MR) is 96.0 cm³/mol. The van der Waals surface area contributed by atoms with Gasteiger partial charge in [-0.1, -0.05) is 12.1 Å². The lowest BCUT2D eigenvalue weighted by atomic mass is 10.1. The number of carbonyl (C=O) groups is 3. The average molecular weight is 358 g/mol. The number of carbonyl (C=O) groups excluding carboxylic acids is 3. The SMILES string of the molecule is Cc1cc(C(=O)OCC(=O)NCC(=O)Nc2cccc(C)c2C)c(C)o1. The van der Waals surface area contributed by atoms with E-state index in [0.717, 1.165) is 11.1 Å². The minimum absolute atomic E-state index is 0.215. The number of hydrogen-bond donors (Lipinski definition) is 2. The Morgan fingerprint density at radius 2 is 1.81 bits per heavy atom. The van der Waals surface area contributed by atoms with Crippen molar-refractivity contribution in [2.75, 3.05) is 18.5 Å². The summed E-state index contributed by atoms with van der Waals surface area (Å²) in [5, 5.41) is 5.15. The van der Waals surface area contributed by atoms with Crippen molar-refractivity contribution in [3.63, 3.8) is 0 Å². The van der Waals surface area contributed by atoms with Crippen molar-refractivity contribution in [1.29, 1.82) is 0 Å². The fraction of sp³-hybridized carbons (Fsp3) is 0.316. The van der Waals surface area contributed by atoms with E-state index in [0.29, 0.717) is 17.2 Å². The zero-order valence-electron chi connectivity index (χ0n) is 15.3. The van der Waals surface area contributed by atoms with Gasteiger partial charge in [0.25, 0.3) is 5.91 Å². The quantitative estimate of drug-likeness (QED) is 0.773. The Balaban J connectivity index is 1.78. The monoisotopic (exact) mass is 358 g/mol. The van der Waals surface area contributed by atoms with Gasteiger partial charge in [-0.3, -0.25) is 9.59 Å². The number of nitrogens with one attached hydrogen (secondary N) is 2. The van der Waals surface area contributed by atoms with Crippen LogP contribution in [-0.2, 0) is 14.3 Å². The first-order valence-corrected chi connectivity index (χ1v) is 8.15. The van der Waals surface area contributed by atoms with Crippen LogP contribution in [-0.4, -0.2) is 30.9 Å². The molecule has 0 fully saturated rings. The van der Waals surface area contributed by atoms with Crippen LogP contribution in [0.3, 0.4) is 0 Å². The zero-order valence-corrected chi connectivity index (χ0v) is 15.3. The molecule has 0 saturated carbocycles. The van der Waals surface area contributed by atoms with E-state index in [-0.39, 0.29) is 18.0 Å². The van der Waals surface area contributed by atoms with E-state index in [1.54, 1.807) is 26.0 Å². The summed E-state index contributed by atoms with van der Waals surface area (Å²) in [6.45, 7) is 6.52. The average Bonchev–Trinajstić information content (AvgIpc) is 2.93. The van der Waals surface area contributed by atoms with Gasteiger partial charge < -0.3 is 19.8 Å². The molecule has 7 heteroatoms. The molecule has 0 saturated heterocycles. The van der Waals surface area contributed by atoms with Gasteiger partial charge in [-0.15, -0.1) is 0 Å². The summed E-state index contributed by atoms with van der Waals surface area (Å²) in [6, 6.07) is 7.13. The Labute approximate surface area is 151 Å². The van der Waals surface area contributed by atoms with Crippen LogP contribution in [0.1, 0.15) is 33.0 Å². The molecule has 7 nitrogen and oxygen atoms in total. The molecule has 2 amide bonds. The maximum atomic E-state index is 11.9. The summed E-state index contributed by atoms with van der Waals surface area (Å²) < 4.78 is 10.2. The molecule has 1 heterocycles. The van der Waals surface area contributed by atoms with Crippen LogP contribution in [0.25, 0.3) is 0 Å². The second-order valence-electron chi connectivity index (χ2n) is 5.98. The summed E-state index contributed by atoms with van der Waals surface area (Å²) in [5.74, 6) is -0.552. The summed E-state index contributed by atoms with van der Waals surface area (Å²) >= 11 is 0. The smallest absolute Gasteiger partial charge is 0.342 e. The van der Waals surface area contributed by atoms with Crippen LogP contribution in [0.4, 0.5) is 5.69 Å². The van der Waals surface area contributed by atoms with Crippen molar-refractivity contribution in [3.8, 4) is 0 Å². The van der Waals surface area contributed by atoms with Crippen molar-refractivity contribution in [2.24, 2.45) is 0 Å². The van der Waals surface area contributed by atoms with Gasteiger partial charge >= 0.3 is 5.97 Å². The van der Waals surface area contributed by atoms with Crippen LogP contribution >= 0.6 is 0 Å². The molecule has 0 atom stereocenters. The normalized spacial score (nSPS) is 10.3. The number of hydrogen-bond acceptors (Lipinski definition) is 5. The molecule has 2 N–H and O–H groups in total. The van der Waals surface area contributed by atoms with E-state index in [2.05, 4.69) is 10.6 Å². The van der Waals surface area contributed by atoms with Gasteiger partial charge in [-0.05, 0) is 51.0 Å². The van der Waals surface area contributed by atoms with Gasteiger partial charge in [0.15, 0.2) is 6.61 Å². The summed E-state index contributed by atoms with van der Waals surface area (Å²) in [6.07, 6.45) is 0. The largest absolute Gasteiger partial charge is 0.466 e. The van der Waals surface area contributed by atoms with E-state index in [1.807, 2.05) is 26.0 Å². The summed E-state index contributed by atoms with van der Waals surface area (Å²) in [5.41, 5.74) is 3.00. The Morgan fingerprint density at radius 1 is 1.08 bits per heavy atom. The highest BCUT2D eigenvalue weighted by molar-refractivity contribution is 5.96. The third-order valence-electron chi connectivity index (χ3n) is 3.92. The molecule has 0 spiro atoms. The topological polar surface area (TPSA) is 97.6 Å². The molecule has 0 bridgehead atoms. The van der Waals surface area contributed by atoms with Gasteiger partial charge in [0, 0.05) is 5.69 Å². The third kappa shape index (κ3) is 4.95. The number of ether oxygens (including phenoxy) is 1. The first kappa shape index (κ1) is 19.2. The van der Waals surface area contributed by atoms with Crippen LogP contribution in [0.2, 0.25) is 0 Å².